The number of benzene rings is 3. The van der Waals surface area contributed by atoms with E-state index in [0.717, 1.165) is 5.56 Å². The largest absolute Gasteiger partial charge is 0.323 e. The molecule has 0 aliphatic heterocycles. The Bertz CT molecular complexity index is 996. The van der Waals surface area contributed by atoms with Gasteiger partial charge < -0.3 is 10.6 Å². The number of hydrogen-bond donors (Lipinski definition) is 2. The van der Waals surface area contributed by atoms with Crippen molar-refractivity contribution >= 4 is 52.5 Å². The van der Waals surface area contributed by atoms with Gasteiger partial charge in [0, 0.05) is 27.0 Å². The number of allylic oxidation sites excluding steroid dienone is 1. The zero-order valence-corrected chi connectivity index (χ0v) is 16.2. The normalized spacial score (nSPS) is 10.6. The predicted octanol–water partition coefficient (Wildman–Crippen LogP) is 6.53. The van der Waals surface area contributed by atoms with E-state index in [-0.39, 0.29) is 11.8 Å². The molecule has 0 spiro atoms. The summed E-state index contributed by atoms with van der Waals surface area (Å²) in [6, 6.07) is 20.3. The fourth-order valence-electron chi connectivity index (χ4n) is 2.39. The number of ketones is 1. The Balaban J connectivity index is 1.57. The van der Waals surface area contributed by atoms with Crippen LogP contribution >= 0.6 is 23.2 Å². The summed E-state index contributed by atoms with van der Waals surface area (Å²) in [5.41, 5.74) is 2.61. The minimum absolute atomic E-state index is 0.132. The van der Waals surface area contributed by atoms with Gasteiger partial charge in [-0.2, -0.15) is 0 Å². The molecular formula is C22H16Cl2N2O2. The second kappa shape index (κ2) is 9.22. The summed E-state index contributed by atoms with van der Waals surface area (Å²) in [7, 11) is 0. The molecule has 140 valence electrons. The Kier molecular flexibility index (Phi) is 6.48. The summed E-state index contributed by atoms with van der Waals surface area (Å²) in [5, 5.41) is 6.65. The Morgan fingerprint density at radius 2 is 1.14 bits per heavy atom. The lowest BCUT2D eigenvalue weighted by Crippen LogP contribution is -2.19. The second-order valence-corrected chi connectivity index (χ2v) is 6.79. The molecule has 0 aliphatic carbocycles. The summed E-state index contributed by atoms with van der Waals surface area (Å²) >= 11 is 11.7. The third-order valence-electron chi connectivity index (χ3n) is 3.83. The standard InChI is InChI=1S/C22H16Cl2N2O2/c23-17-6-1-15(2-7-17)3-14-21(27)16-4-10-19(11-5-16)25-22(28)26-20-12-8-18(24)9-13-20/h1-14H,(H2,25,26,28)/b14-3+. The highest BCUT2D eigenvalue weighted by Crippen LogP contribution is 2.15. The number of anilines is 2. The van der Waals surface area contributed by atoms with Crippen molar-refractivity contribution in [2.24, 2.45) is 0 Å². The van der Waals surface area contributed by atoms with Crippen molar-refractivity contribution < 1.29 is 9.59 Å². The van der Waals surface area contributed by atoms with Crippen LogP contribution in [-0.2, 0) is 0 Å². The summed E-state index contributed by atoms with van der Waals surface area (Å²) in [6.07, 6.45) is 3.23. The summed E-state index contributed by atoms with van der Waals surface area (Å²) in [6.45, 7) is 0. The molecule has 3 aromatic rings. The van der Waals surface area contributed by atoms with E-state index in [1.807, 2.05) is 12.1 Å². The SMILES string of the molecule is O=C(Nc1ccc(Cl)cc1)Nc1ccc(C(=O)/C=C/c2ccc(Cl)cc2)cc1. The first kappa shape index (κ1) is 19.7. The first-order valence-corrected chi connectivity index (χ1v) is 9.17. The second-order valence-electron chi connectivity index (χ2n) is 5.91. The highest BCUT2D eigenvalue weighted by Gasteiger charge is 2.05. The van der Waals surface area contributed by atoms with Crippen molar-refractivity contribution in [3.05, 3.63) is 100 Å². The van der Waals surface area contributed by atoms with Crippen molar-refractivity contribution in [1.82, 2.24) is 0 Å². The maximum atomic E-state index is 12.3. The molecule has 0 aromatic heterocycles. The molecule has 0 bridgehead atoms. The van der Waals surface area contributed by atoms with Crippen LogP contribution in [0.3, 0.4) is 0 Å². The van der Waals surface area contributed by atoms with E-state index in [4.69, 9.17) is 23.2 Å². The molecule has 0 fully saturated rings. The smallest absolute Gasteiger partial charge is 0.308 e. The molecule has 3 aromatic carbocycles. The molecule has 0 atom stereocenters. The van der Waals surface area contributed by atoms with E-state index in [9.17, 15) is 9.59 Å². The molecule has 28 heavy (non-hydrogen) atoms. The molecule has 0 aliphatic rings. The number of nitrogens with one attached hydrogen (secondary N) is 2. The van der Waals surface area contributed by atoms with Crippen LogP contribution in [0.1, 0.15) is 15.9 Å². The van der Waals surface area contributed by atoms with E-state index < -0.39 is 0 Å². The molecule has 0 unspecified atom stereocenters. The Labute approximate surface area is 172 Å². The predicted molar refractivity (Wildman–Crippen MR) is 115 cm³/mol. The number of halogens is 2. The van der Waals surface area contributed by atoms with Crippen LogP contribution in [0, 0.1) is 0 Å². The lowest BCUT2D eigenvalue weighted by Gasteiger charge is -2.08. The monoisotopic (exact) mass is 410 g/mol. The van der Waals surface area contributed by atoms with Gasteiger partial charge in [0.15, 0.2) is 5.78 Å². The van der Waals surface area contributed by atoms with Gasteiger partial charge in [-0.15, -0.1) is 0 Å². The van der Waals surface area contributed by atoms with Gasteiger partial charge in [0.1, 0.15) is 0 Å². The Morgan fingerprint density at radius 1 is 0.679 bits per heavy atom. The van der Waals surface area contributed by atoms with E-state index in [1.165, 1.54) is 6.08 Å². The van der Waals surface area contributed by atoms with Crippen molar-refractivity contribution in [2.45, 2.75) is 0 Å². The fourth-order valence-corrected chi connectivity index (χ4v) is 2.64. The quantitative estimate of drug-likeness (QED) is 0.370. The minimum Gasteiger partial charge on any atom is -0.308 e. The average molecular weight is 411 g/mol. The number of hydrogen-bond acceptors (Lipinski definition) is 2. The van der Waals surface area contributed by atoms with Gasteiger partial charge in [0.05, 0.1) is 0 Å². The maximum Gasteiger partial charge on any atom is 0.323 e. The third kappa shape index (κ3) is 5.71. The maximum absolute atomic E-state index is 12.3. The van der Waals surface area contributed by atoms with Crippen molar-refractivity contribution in [2.75, 3.05) is 10.6 Å². The zero-order valence-electron chi connectivity index (χ0n) is 14.7. The number of rotatable bonds is 5. The van der Waals surface area contributed by atoms with Crippen LogP contribution in [-0.4, -0.2) is 11.8 Å². The first-order chi connectivity index (χ1) is 13.5. The van der Waals surface area contributed by atoms with Crippen LogP contribution in [0.25, 0.3) is 6.08 Å². The molecule has 4 nitrogen and oxygen atoms in total. The molecule has 0 radical (unpaired) electrons. The zero-order chi connectivity index (χ0) is 19.9. The van der Waals surface area contributed by atoms with Crippen LogP contribution in [0.4, 0.5) is 16.2 Å². The van der Waals surface area contributed by atoms with Gasteiger partial charge in [-0.05, 0) is 72.3 Å². The first-order valence-electron chi connectivity index (χ1n) is 8.41. The van der Waals surface area contributed by atoms with Gasteiger partial charge in [-0.1, -0.05) is 41.4 Å². The Morgan fingerprint density at radius 3 is 1.68 bits per heavy atom. The van der Waals surface area contributed by atoms with Crippen LogP contribution in [0.15, 0.2) is 78.9 Å². The number of urea groups is 1. The molecule has 0 saturated carbocycles. The summed E-state index contributed by atoms with van der Waals surface area (Å²) < 4.78 is 0. The molecule has 3 rings (SSSR count). The number of carbonyl (C=O) groups is 2. The molecule has 0 heterocycles. The van der Waals surface area contributed by atoms with E-state index in [1.54, 1.807) is 66.7 Å². The van der Waals surface area contributed by atoms with Gasteiger partial charge in [-0.25, -0.2) is 4.79 Å². The number of amides is 2. The minimum atomic E-state index is -0.385. The van der Waals surface area contributed by atoms with E-state index in [2.05, 4.69) is 10.6 Å². The van der Waals surface area contributed by atoms with Crippen LogP contribution in [0.2, 0.25) is 10.0 Å². The van der Waals surface area contributed by atoms with Crippen molar-refractivity contribution in [3.8, 4) is 0 Å². The van der Waals surface area contributed by atoms with Gasteiger partial charge in [0.2, 0.25) is 0 Å². The van der Waals surface area contributed by atoms with Crippen LogP contribution < -0.4 is 10.6 Å². The lowest BCUT2D eigenvalue weighted by atomic mass is 10.1. The third-order valence-corrected chi connectivity index (χ3v) is 4.33. The molecule has 2 amide bonds. The molecule has 0 saturated heterocycles. The van der Waals surface area contributed by atoms with Gasteiger partial charge in [-0.3, -0.25) is 4.79 Å². The Hall–Kier alpha value is -3.08. The highest BCUT2D eigenvalue weighted by molar-refractivity contribution is 6.30. The molecule has 6 heteroatoms. The highest BCUT2D eigenvalue weighted by atomic mass is 35.5. The van der Waals surface area contributed by atoms with Gasteiger partial charge in [0.25, 0.3) is 0 Å². The summed E-state index contributed by atoms with van der Waals surface area (Å²) in [5.74, 6) is -0.132. The summed E-state index contributed by atoms with van der Waals surface area (Å²) in [4.78, 5) is 24.3. The number of carbonyl (C=O) groups excluding carboxylic acids is 2. The lowest BCUT2D eigenvalue weighted by molar-refractivity contribution is 0.104. The van der Waals surface area contributed by atoms with Crippen LogP contribution in [0.5, 0.6) is 0 Å². The molecule has 2 N–H and O–H groups in total. The van der Waals surface area contributed by atoms with Gasteiger partial charge >= 0.3 is 6.03 Å². The topological polar surface area (TPSA) is 58.2 Å². The average Bonchev–Trinajstić information content (AvgIpc) is 2.69. The fraction of sp³-hybridized carbons (Fsp3) is 0. The van der Waals surface area contributed by atoms with E-state index in [0.29, 0.717) is 27.0 Å². The van der Waals surface area contributed by atoms with Crippen molar-refractivity contribution in [3.63, 3.8) is 0 Å². The van der Waals surface area contributed by atoms with Crippen molar-refractivity contribution in [1.29, 1.82) is 0 Å². The molecular weight excluding hydrogens is 395 g/mol. The van der Waals surface area contributed by atoms with E-state index >= 15 is 0 Å².